The van der Waals surface area contributed by atoms with Gasteiger partial charge in [0, 0.05) is 11.1 Å². The quantitative estimate of drug-likeness (QED) is 0.175. The minimum absolute atomic E-state index is 0.0489. The van der Waals surface area contributed by atoms with Gasteiger partial charge < -0.3 is 20.1 Å². The zero-order valence-electron chi connectivity index (χ0n) is 20.2. The minimum Gasteiger partial charge on any atom is -0.493 e. The molecule has 184 valence electrons. The highest BCUT2D eigenvalue weighted by Crippen LogP contribution is 2.27. The predicted octanol–water partition coefficient (Wildman–Crippen LogP) is 7.01. The van der Waals surface area contributed by atoms with Gasteiger partial charge in [0.05, 0.1) is 25.4 Å². The molecular weight excluding hydrogens is 404 g/mol. The lowest BCUT2D eigenvalue weighted by Gasteiger charge is -2.15. The van der Waals surface area contributed by atoms with Crippen molar-refractivity contribution >= 4 is 5.97 Å². The Morgan fingerprint density at radius 2 is 1.06 bits per heavy atom. The van der Waals surface area contributed by atoms with Gasteiger partial charge in [0.15, 0.2) is 0 Å². The van der Waals surface area contributed by atoms with Crippen LogP contribution in [0.2, 0.25) is 0 Å². The maximum atomic E-state index is 11.2. The zero-order chi connectivity index (χ0) is 23.4. The van der Waals surface area contributed by atoms with Crippen LogP contribution in [0.5, 0.6) is 5.75 Å². The van der Waals surface area contributed by atoms with Crippen LogP contribution in [0, 0.1) is 0 Å². The molecule has 5 nitrogen and oxygen atoms in total. The monoisotopic (exact) mass is 450 g/mol. The van der Waals surface area contributed by atoms with Crippen LogP contribution < -0.4 is 4.74 Å². The standard InChI is InChI=1S/C27H46O5/c1-2-3-4-5-6-7-8-9-10-11-12-13-14-15-16-17-18-32-26-24(21-28)19-23(27(30)31)20-25(26)22-29/h19-20,28-29H,2-18,21-22H2,1H3,(H,30,31). The molecule has 0 aromatic heterocycles. The summed E-state index contributed by atoms with van der Waals surface area (Å²) in [6.45, 7) is 2.14. The Labute approximate surface area is 195 Å². The van der Waals surface area contributed by atoms with Crippen molar-refractivity contribution in [3.05, 3.63) is 28.8 Å². The zero-order valence-corrected chi connectivity index (χ0v) is 20.2. The molecule has 0 amide bonds. The molecule has 0 heterocycles. The molecule has 0 aliphatic heterocycles. The van der Waals surface area contributed by atoms with Gasteiger partial charge in [-0.05, 0) is 18.6 Å². The average molecular weight is 451 g/mol. The second kappa shape index (κ2) is 18.9. The molecule has 0 spiro atoms. The third-order valence-electron chi connectivity index (χ3n) is 6.07. The molecular formula is C27H46O5. The van der Waals surface area contributed by atoms with E-state index in [1.54, 1.807) is 0 Å². The Morgan fingerprint density at radius 3 is 1.41 bits per heavy atom. The summed E-state index contributed by atoms with van der Waals surface area (Å²) in [6, 6.07) is 2.81. The van der Waals surface area contributed by atoms with E-state index in [2.05, 4.69) is 6.92 Å². The minimum atomic E-state index is -1.08. The Bertz CT molecular complexity index is 589. The van der Waals surface area contributed by atoms with Gasteiger partial charge in [-0.1, -0.05) is 103 Å². The van der Waals surface area contributed by atoms with Crippen molar-refractivity contribution in [2.24, 2.45) is 0 Å². The highest BCUT2D eigenvalue weighted by atomic mass is 16.5. The Balaban J connectivity index is 2.04. The van der Waals surface area contributed by atoms with Crippen LogP contribution in [0.3, 0.4) is 0 Å². The second-order valence-corrected chi connectivity index (χ2v) is 8.90. The largest absolute Gasteiger partial charge is 0.493 e. The van der Waals surface area contributed by atoms with Crippen LogP contribution in [-0.4, -0.2) is 27.9 Å². The maximum absolute atomic E-state index is 11.2. The number of aromatic carboxylic acids is 1. The molecule has 0 radical (unpaired) electrons. The molecule has 0 saturated carbocycles. The molecule has 0 bridgehead atoms. The van der Waals surface area contributed by atoms with E-state index in [9.17, 15) is 15.0 Å². The summed E-state index contributed by atoms with van der Waals surface area (Å²) in [5.74, 6) is -0.667. The van der Waals surface area contributed by atoms with Gasteiger partial charge in [0.1, 0.15) is 5.75 Å². The van der Waals surface area contributed by atoms with Crippen molar-refractivity contribution in [3.8, 4) is 5.75 Å². The molecule has 32 heavy (non-hydrogen) atoms. The molecule has 0 atom stereocenters. The first-order valence-corrected chi connectivity index (χ1v) is 12.9. The van der Waals surface area contributed by atoms with Crippen LogP contribution in [0.1, 0.15) is 131 Å². The van der Waals surface area contributed by atoms with Gasteiger partial charge in [0.25, 0.3) is 0 Å². The molecule has 0 fully saturated rings. The fourth-order valence-corrected chi connectivity index (χ4v) is 4.12. The van der Waals surface area contributed by atoms with Crippen LogP contribution in [-0.2, 0) is 13.2 Å². The fraction of sp³-hybridized carbons (Fsp3) is 0.741. The number of carbonyl (C=O) groups is 1. The number of benzene rings is 1. The van der Waals surface area contributed by atoms with Crippen molar-refractivity contribution in [2.75, 3.05) is 6.61 Å². The first-order chi connectivity index (χ1) is 15.6. The van der Waals surface area contributed by atoms with E-state index >= 15 is 0 Å². The first kappa shape index (κ1) is 28.4. The van der Waals surface area contributed by atoms with E-state index in [0.717, 1.165) is 12.8 Å². The predicted molar refractivity (Wildman–Crippen MR) is 130 cm³/mol. The summed E-state index contributed by atoms with van der Waals surface area (Å²) in [5.41, 5.74) is 0.865. The van der Waals surface area contributed by atoms with E-state index in [4.69, 9.17) is 9.84 Å². The maximum Gasteiger partial charge on any atom is 0.335 e. The van der Waals surface area contributed by atoms with Crippen LogP contribution in [0.15, 0.2) is 12.1 Å². The second-order valence-electron chi connectivity index (χ2n) is 8.90. The number of hydrogen-bond acceptors (Lipinski definition) is 4. The summed E-state index contributed by atoms with van der Waals surface area (Å²) in [7, 11) is 0. The van der Waals surface area contributed by atoms with Crippen LogP contribution >= 0.6 is 0 Å². The highest BCUT2D eigenvalue weighted by molar-refractivity contribution is 5.88. The number of aliphatic hydroxyl groups excluding tert-OH is 2. The Hall–Kier alpha value is -1.59. The first-order valence-electron chi connectivity index (χ1n) is 12.9. The lowest BCUT2D eigenvalue weighted by atomic mass is 10.0. The number of hydrogen-bond donors (Lipinski definition) is 3. The number of unbranched alkanes of at least 4 members (excludes halogenated alkanes) is 15. The van der Waals surface area contributed by atoms with Crippen LogP contribution in [0.4, 0.5) is 0 Å². The van der Waals surface area contributed by atoms with E-state index in [1.165, 1.54) is 102 Å². The lowest BCUT2D eigenvalue weighted by Crippen LogP contribution is -2.07. The van der Waals surface area contributed by atoms with Crippen molar-refractivity contribution in [1.82, 2.24) is 0 Å². The molecule has 5 heteroatoms. The van der Waals surface area contributed by atoms with E-state index in [0.29, 0.717) is 23.5 Å². The smallest absolute Gasteiger partial charge is 0.335 e. The van der Waals surface area contributed by atoms with Gasteiger partial charge in [-0.25, -0.2) is 4.79 Å². The number of carboxylic acids is 1. The topological polar surface area (TPSA) is 87.0 Å². The third kappa shape index (κ3) is 12.4. The van der Waals surface area contributed by atoms with E-state index < -0.39 is 5.97 Å². The van der Waals surface area contributed by atoms with Crippen molar-refractivity contribution in [3.63, 3.8) is 0 Å². The summed E-state index contributed by atoms with van der Waals surface area (Å²) in [4.78, 5) is 11.2. The van der Waals surface area contributed by atoms with Crippen molar-refractivity contribution in [1.29, 1.82) is 0 Å². The fourth-order valence-electron chi connectivity index (χ4n) is 4.12. The van der Waals surface area contributed by atoms with Crippen molar-refractivity contribution < 1.29 is 24.9 Å². The highest BCUT2D eigenvalue weighted by Gasteiger charge is 2.14. The van der Waals surface area contributed by atoms with Crippen LogP contribution in [0.25, 0.3) is 0 Å². The van der Waals surface area contributed by atoms with Gasteiger partial charge >= 0.3 is 5.97 Å². The van der Waals surface area contributed by atoms with Gasteiger partial charge in [-0.15, -0.1) is 0 Å². The lowest BCUT2D eigenvalue weighted by molar-refractivity contribution is 0.0696. The Kier molecular flexibility index (Phi) is 16.8. The average Bonchev–Trinajstić information content (AvgIpc) is 2.80. The molecule has 0 unspecified atom stereocenters. The molecule has 0 saturated heterocycles. The summed E-state index contributed by atoms with van der Waals surface area (Å²) in [5, 5.41) is 28.2. The molecule has 0 aliphatic rings. The molecule has 3 N–H and O–H groups in total. The normalized spacial score (nSPS) is 11.1. The van der Waals surface area contributed by atoms with Crippen molar-refractivity contribution in [2.45, 2.75) is 123 Å². The third-order valence-corrected chi connectivity index (χ3v) is 6.07. The summed E-state index contributed by atoms with van der Waals surface area (Å²) in [6.07, 6.45) is 21.0. The molecule has 0 aliphatic carbocycles. The summed E-state index contributed by atoms with van der Waals surface area (Å²) >= 11 is 0. The Morgan fingerprint density at radius 1 is 0.688 bits per heavy atom. The number of ether oxygens (including phenoxy) is 1. The molecule has 1 rings (SSSR count). The number of rotatable bonds is 21. The van der Waals surface area contributed by atoms with E-state index in [-0.39, 0.29) is 18.8 Å². The summed E-state index contributed by atoms with van der Waals surface area (Å²) < 4.78 is 5.79. The van der Waals surface area contributed by atoms with Gasteiger partial charge in [0.2, 0.25) is 0 Å². The number of aliphatic hydroxyl groups is 2. The van der Waals surface area contributed by atoms with Gasteiger partial charge in [-0.2, -0.15) is 0 Å². The SMILES string of the molecule is CCCCCCCCCCCCCCCCCCOc1c(CO)cc(C(=O)O)cc1CO. The van der Waals surface area contributed by atoms with E-state index in [1.807, 2.05) is 0 Å². The molecule has 1 aromatic rings. The number of carboxylic acid groups (broad SMARTS) is 1. The molecule has 1 aromatic carbocycles. The van der Waals surface area contributed by atoms with Gasteiger partial charge in [-0.3, -0.25) is 0 Å².